The molecule has 0 aliphatic carbocycles. The number of rotatable bonds is 2. The van der Waals surface area contributed by atoms with Crippen LogP contribution in [0.1, 0.15) is 24.3 Å². The Bertz CT molecular complexity index is 285. The molecule has 0 saturated heterocycles. The van der Waals surface area contributed by atoms with Crippen molar-refractivity contribution in [3.63, 3.8) is 0 Å². The van der Waals surface area contributed by atoms with Gasteiger partial charge >= 0.3 is 0 Å². The van der Waals surface area contributed by atoms with E-state index in [1.165, 1.54) is 11.1 Å². The van der Waals surface area contributed by atoms with E-state index in [0.29, 0.717) is 0 Å². The monoisotopic (exact) mass is 177 g/mol. The number of fused-ring (bicyclic) bond motifs is 1. The number of ether oxygens (including phenoxy) is 1. The van der Waals surface area contributed by atoms with E-state index in [-0.39, 0.29) is 6.23 Å². The Labute approximate surface area is 78.9 Å². The van der Waals surface area contributed by atoms with Gasteiger partial charge in [-0.25, -0.2) is 0 Å². The minimum absolute atomic E-state index is 0.106. The first-order valence-corrected chi connectivity index (χ1v) is 4.84. The average molecular weight is 177 g/mol. The summed E-state index contributed by atoms with van der Waals surface area (Å²) in [5, 5.41) is 3.35. The Morgan fingerprint density at radius 1 is 1.46 bits per heavy atom. The van der Waals surface area contributed by atoms with Crippen molar-refractivity contribution in [2.75, 3.05) is 13.2 Å². The lowest BCUT2D eigenvalue weighted by atomic mass is 10.00. The van der Waals surface area contributed by atoms with Crippen LogP contribution in [0.5, 0.6) is 0 Å². The highest BCUT2D eigenvalue weighted by molar-refractivity contribution is 5.30. The maximum Gasteiger partial charge on any atom is 0.134 e. The van der Waals surface area contributed by atoms with Crippen LogP contribution in [0.25, 0.3) is 0 Å². The Kier molecular flexibility index (Phi) is 2.62. The van der Waals surface area contributed by atoms with Crippen molar-refractivity contribution < 1.29 is 4.74 Å². The minimum atomic E-state index is 0.106. The zero-order chi connectivity index (χ0) is 9.10. The molecule has 1 aliphatic rings. The molecule has 0 bridgehead atoms. The van der Waals surface area contributed by atoms with Crippen molar-refractivity contribution in [1.82, 2.24) is 5.32 Å². The number of nitrogens with one attached hydrogen (secondary N) is 1. The van der Waals surface area contributed by atoms with E-state index in [0.717, 1.165) is 19.6 Å². The molecule has 70 valence electrons. The Morgan fingerprint density at radius 3 is 3.15 bits per heavy atom. The van der Waals surface area contributed by atoms with Gasteiger partial charge in [0.15, 0.2) is 0 Å². The second kappa shape index (κ2) is 3.90. The maximum absolute atomic E-state index is 5.60. The molecule has 13 heavy (non-hydrogen) atoms. The first-order valence-electron chi connectivity index (χ1n) is 4.84. The Morgan fingerprint density at radius 2 is 2.31 bits per heavy atom. The SMILES string of the molecule is CCOC1NCCc2ccccc21. The third kappa shape index (κ3) is 1.74. The summed E-state index contributed by atoms with van der Waals surface area (Å²) in [6.07, 6.45) is 1.22. The molecule has 2 heteroatoms. The molecule has 1 atom stereocenters. The van der Waals surface area contributed by atoms with Gasteiger partial charge < -0.3 is 4.74 Å². The summed E-state index contributed by atoms with van der Waals surface area (Å²) in [7, 11) is 0. The lowest BCUT2D eigenvalue weighted by Gasteiger charge is -2.26. The van der Waals surface area contributed by atoms with Crippen molar-refractivity contribution in [2.24, 2.45) is 0 Å². The van der Waals surface area contributed by atoms with Gasteiger partial charge in [0.25, 0.3) is 0 Å². The number of benzene rings is 1. The number of hydrogen-bond donors (Lipinski definition) is 1. The highest BCUT2D eigenvalue weighted by Crippen LogP contribution is 2.22. The average Bonchev–Trinajstić information content (AvgIpc) is 2.19. The molecule has 1 heterocycles. The van der Waals surface area contributed by atoms with Gasteiger partial charge in [-0.2, -0.15) is 0 Å². The first-order chi connectivity index (χ1) is 6.42. The summed E-state index contributed by atoms with van der Waals surface area (Å²) in [5.74, 6) is 0. The van der Waals surface area contributed by atoms with Crippen molar-refractivity contribution in [1.29, 1.82) is 0 Å². The smallest absolute Gasteiger partial charge is 0.134 e. The first kappa shape index (κ1) is 8.73. The summed E-state index contributed by atoms with van der Waals surface area (Å²) in [4.78, 5) is 0. The molecule has 1 aromatic rings. The van der Waals surface area contributed by atoms with E-state index in [2.05, 4.69) is 29.6 Å². The lowest BCUT2D eigenvalue weighted by Crippen LogP contribution is -2.31. The van der Waals surface area contributed by atoms with Crippen LogP contribution in [0.3, 0.4) is 0 Å². The summed E-state index contributed by atoms with van der Waals surface area (Å²) >= 11 is 0. The van der Waals surface area contributed by atoms with Gasteiger partial charge in [-0.3, -0.25) is 5.32 Å². The fraction of sp³-hybridized carbons (Fsp3) is 0.455. The van der Waals surface area contributed by atoms with Gasteiger partial charge in [-0.05, 0) is 24.5 Å². The standard InChI is InChI=1S/C11H15NO/c1-2-13-11-10-6-4-3-5-9(10)7-8-12-11/h3-6,11-12H,2,7-8H2,1H3. The fourth-order valence-electron chi connectivity index (χ4n) is 1.78. The van der Waals surface area contributed by atoms with E-state index >= 15 is 0 Å². The van der Waals surface area contributed by atoms with Crippen molar-refractivity contribution in [2.45, 2.75) is 19.6 Å². The summed E-state index contributed by atoms with van der Waals surface area (Å²) in [6.45, 7) is 3.80. The van der Waals surface area contributed by atoms with Crippen LogP contribution in [-0.2, 0) is 11.2 Å². The van der Waals surface area contributed by atoms with Crippen LogP contribution >= 0.6 is 0 Å². The van der Waals surface area contributed by atoms with E-state index in [9.17, 15) is 0 Å². The summed E-state index contributed by atoms with van der Waals surface area (Å²) in [5.41, 5.74) is 2.72. The molecule has 2 rings (SSSR count). The largest absolute Gasteiger partial charge is 0.359 e. The molecule has 1 aromatic carbocycles. The van der Waals surface area contributed by atoms with Crippen LogP contribution in [-0.4, -0.2) is 13.2 Å². The Balaban J connectivity index is 2.26. The zero-order valence-corrected chi connectivity index (χ0v) is 7.92. The highest BCUT2D eigenvalue weighted by atomic mass is 16.5. The quantitative estimate of drug-likeness (QED) is 0.744. The molecule has 0 radical (unpaired) electrons. The van der Waals surface area contributed by atoms with Gasteiger partial charge in [0.1, 0.15) is 6.23 Å². The normalized spacial score (nSPS) is 21.2. The molecule has 0 amide bonds. The third-order valence-corrected chi connectivity index (χ3v) is 2.39. The lowest BCUT2D eigenvalue weighted by molar-refractivity contribution is 0.0328. The molecule has 0 spiro atoms. The van der Waals surface area contributed by atoms with Crippen LogP contribution in [0.4, 0.5) is 0 Å². The van der Waals surface area contributed by atoms with E-state index < -0.39 is 0 Å². The van der Waals surface area contributed by atoms with E-state index in [4.69, 9.17) is 4.74 Å². The van der Waals surface area contributed by atoms with E-state index in [1.807, 2.05) is 6.92 Å². The van der Waals surface area contributed by atoms with Crippen molar-refractivity contribution >= 4 is 0 Å². The maximum atomic E-state index is 5.60. The summed E-state index contributed by atoms with van der Waals surface area (Å²) < 4.78 is 5.60. The molecule has 1 unspecified atom stereocenters. The van der Waals surface area contributed by atoms with Crippen LogP contribution in [0, 0.1) is 0 Å². The molecule has 0 fully saturated rings. The highest BCUT2D eigenvalue weighted by Gasteiger charge is 2.18. The van der Waals surface area contributed by atoms with Crippen LogP contribution in [0.15, 0.2) is 24.3 Å². The summed E-state index contributed by atoms with van der Waals surface area (Å²) in [6, 6.07) is 8.48. The third-order valence-electron chi connectivity index (χ3n) is 2.39. The molecular formula is C11H15NO. The van der Waals surface area contributed by atoms with Crippen molar-refractivity contribution in [3.8, 4) is 0 Å². The van der Waals surface area contributed by atoms with Crippen LogP contribution < -0.4 is 5.32 Å². The topological polar surface area (TPSA) is 21.3 Å². The minimum Gasteiger partial charge on any atom is -0.359 e. The zero-order valence-electron chi connectivity index (χ0n) is 7.92. The molecule has 2 nitrogen and oxygen atoms in total. The van der Waals surface area contributed by atoms with Gasteiger partial charge in [0.05, 0.1) is 0 Å². The Hall–Kier alpha value is -0.860. The predicted molar refractivity (Wildman–Crippen MR) is 52.5 cm³/mol. The van der Waals surface area contributed by atoms with Gasteiger partial charge in [0, 0.05) is 13.2 Å². The molecule has 0 aromatic heterocycles. The molecule has 0 saturated carbocycles. The van der Waals surface area contributed by atoms with E-state index in [1.54, 1.807) is 0 Å². The van der Waals surface area contributed by atoms with Crippen LogP contribution in [0.2, 0.25) is 0 Å². The second-order valence-corrected chi connectivity index (χ2v) is 3.24. The molecular weight excluding hydrogens is 162 g/mol. The van der Waals surface area contributed by atoms with Gasteiger partial charge in [-0.15, -0.1) is 0 Å². The molecule has 1 N–H and O–H groups in total. The number of hydrogen-bond acceptors (Lipinski definition) is 2. The van der Waals surface area contributed by atoms with Gasteiger partial charge in [-0.1, -0.05) is 24.3 Å². The fourth-order valence-corrected chi connectivity index (χ4v) is 1.78. The van der Waals surface area contributed by atoms with Crippen molar-refractivity contribution in [3.05, 3.63) is 35.4 Å². The molecule has 1 aliphatic heterocycles. The second-order valence-electron chi connectivity index (χ2n) is 3.24. The predicted octanol–water partition coefficient (Wildman–Crippen LogP) is 1.87. The van der Waals surface area contributed by atoms with Gasteiger partial charge in [0.2, 0.25) is 0 Å².